The summed E-state index contributed by atoms with van der Waals surface area (Å²) in [6, 6.07) is 12.7. The van der Waals surface area contributed by atoms with Crippen LogP contribution in [0, 0.1) is 6.92 Å². The fraction of sp³-hybridized carbons (Fsp3) is 0.238. The van der Waals surface area contributed by atoms with Crippen LogP contribution in [0.3, 0.4) is 0 Å². The predicted octanol–water partition coefficient (Wildman–Crippen LogP) is 3.45. The second kappa shape index (κ2) is 8.58. The predicted molar refractivity (Wildman–Crippen MR) is 110 cm³/mol. The molecular formula is C21H24N4O3. The van der Waals surface area contributed by atoms with Crippen molar-refractivity contribution in [3.8, 4) is 0 Å². The van der Waals surface area contributed by atoms with Crippen LogP contribution in [0.25, 0.3) is 6.08 Å². The number of anilines is 2. The molecule has 2 amide bonds. The summed E-state index contributed by atoms with van der Waals surface area (Å²) in [5, 5.41) is 3.23. The lowest BCUT2D eigenvalue weighted by Gasteiger charge is -2.18. The van der Waals surface area contributed by atoms with E-state index in [1.807, 2.05) is 56.3 Å². The van der Waals surface area contributed by atoms with Crippen molar-refractivity contribution < 1.29 is 14.3 Å². The van der Waals surface area contributed by atoms with Crippen LogP contribution in [0.1, 0.15) is 29.7 Å². The third kappa shape index (κ3) is 3.84. The number of nitrogens with two attached hydrogens (primary N) is 1. The highest BCUT2D eigenvalue weighted by molar-refractivity contribution is 6.02. The lowest BCUT2D eigenvalue weighted by molar-refractivity contribution is -0.124. The first kappa shape index (κ1) is 19.4. The van der Waals surface area contributed by atoms with Gasteiger partial charge in [0, 0.05) is 12.6 Å². The van der Waals surface area contributed by atoms with Gasteiger partial charge < -0.3 is 15.5 Å². The Labute approximate surface area is 164 Å². The molecule has 0 aromatic heterocycles. The van der Waals surface area contributed by atoms with Crippen molar-refractivity contribution in [1.82, 2.24) is 4.90 Å². The van der Waals surface area contributed by atoms with Gasteiger partial charge >= 0.3 is 6.09 Å². The molecule has 1 saturated heterocycles. The minimum absolute atomic E-state index is 0.153. The van der Waals surface area contributed by atoms with Gasteiger partial charge in [0.2, 0.25) is 0 Å². The molecule has 1 atom stereocenters. The zero-order valence-corrected chi connectivity index (χ0v) is 15.9. The van der Waals surface area contributed by atoms with E-state index in [9.17, 15) is 9.59 Å². The number of hydrazine groups is 1. The summed E-state index contributed by atoms with van der Waals surface area (Å²) in [6.45, 7) is 4.83. The number of carbonyl (C=O) groups excluding carboxylic acids is 2. The van der Waals surface area contributed by atoms with Crippen molar-refractivity contribution in [2.45, 2.75) is 19.9 Å². The number of amides is 2. The van der Waals surface area contributed by atoms with Crippen LogP contribution in [0.15, 0.2) is 48.5 Å². The summed E-state index contributed by atoms with van der Waals surface area (Å²) in [4.78, 5) is 26.0. The molecule has 0 spiro atoms. The minimum atomic E-state index is -0.632. The van der Waals surface area contributed by atoms with Gasteiger partial charge in [0.25, 0.3) is 5.91 Å². The molecule has 146 valence electrons. The van der Waals surface area contributed by atoms with Crippen LogP contribution < -0.4 is 16.6 Å². The Balaban J connectivity index is 1.84. The zero-order valence-electron chi connectivity index (χ0n) is 15.9. The van der Waals surface area contributed by atoms with Crippen LogP contribution in [-0.4, -0.2) is 30.1 Å². The molecule has 3 rings (SSSR count). The minimum Gasteiger partial charge on any atom is -0.446 e. The van der Waals surface area contributed by atoms with Crippen LogP contribution in [-0.2, 0) is 9.53 Å². The molecule has 2 aromatic rings. The Hall–Kier alpha value is -3.32. The van der Waals surface area contributed by atoms with Crippen LogP contribution in [0.5, 0.6) is 0 Å². The Bertz CT molecular complexity index is 896. The molecule has 28 heavy (non-hydrogen) atoms. The lowest BCUT2D eigenvalue weighted by atomic mass is 10.0. The normalized spacial score (nSPS) is 16.3. The molecule has 0 unspecified atom stereocenters. The SMILES string of the molecule is CCNc1ccc(/C=C/C(=O)N2C(=O)OC[C@H]2c2ccccc2)c(C)c1NN. The number of carbonyl (C=O) groups is 2. The highest BCUT2D eigenvalue weighted by atomic mass is 16.6. The number of ether oxygens (including phenoxy) is 1. The Kier molecular flexibility index (Phi) is 5.96. The molecule has 1 fully saturated rings. The number of imide groups is 1. The van der Waals surface area contributed by atoms with E-state index in [-0.39, 0.29) is 6.61 Å². The molecule has 4 N–H and O–H groups in total. The largest absolute Gasteiger partial charge is 0.446 e. The van der Waals surface area contributed by atoms with Crippen molar-refractivity contribution in [3.05, 3.63) is 65.2 Å². The summed E-state index contributed by atoms with van der Waals surface area (Å²) < 4.78 is 5.11. The number of hydrogen-bond acceptors (Lipinski definition) is 6. The van der Waals surface area contributed by atoms with Gasteiger partial charge in [-0.2, -0.15) is 0 Å². The fourth-order valence-electron chi connectivity index (χ4n) is 3.26. The van der Waals surface area contributed by atoms with Gasteiger partial charge in [0.1, 0.15) is 12.6 Å². The number of benzene rings is 2. The molecular weight excluding hydrogens is 356 g/mol. The lowest BCUT2D eigenvalue weighted by Crippen LogP contribution is -2.32. The molecule has 1 heterocycles. The van der Waals surface area contributed by atoms with Crippen molar-refractivity contribution in [2.24, 2.45) is 5.84 Å². The van der Waals surface area contributed by atoms with Gasteiger partial charge in [-0.15, -0.1) is 0 Å². The van der Waals surface area contributed by atoms with E-state index >= 15 is 0 Å². The zero-order chi connectivity index (χ0) is 20.1. The first-order valence-electron chi connectivity index (χ1n) is 9.13. The molecule has 1 aliphatic heterocycles. The number of hydrogen-bond donors (Lipinski definition) is 3. The summed E-state index contributed by atoms with van der Waals surface area (Å²) in [7, 11) is 0. The van der Waals surface area contributed by atoms with E-state index in [0.29, 0.717) is 0 Å². The molecule has 7 nitrogen and oxygen atoms in total. The van der Waals surface area contributed by atoms with Gasteiger partial charge in [0.15, 0.2) is 0 Å². The number of nitrogen functional groups attached to an aromatic ring is 1. The highest BCUT2D eigenvalue weighted by Crippen LogP contribution is 2.30. The van der Waals surface area contributed by atoms with Crippen molar-refractivity contribution in [2.75, 3.05) is 23.9 Å². The van der Waals surface area contributed by atoms with Crippen molar-refractivity contribution in [3.63, 3.8) is 0 Å². The van der Waals surface area contributed by atoms with Gasteiger partial charge in [-0.25, -0.2) is 9.69 Å². The highest BCUT2D eigenvalue weighted by Gasteiger charge is 2.37. The summed E-state index contributed by atoms with van der Waals surface area (Å²) in [5.41, 5.74) is 6.93. The summed E-state index contributed by atoms with van der Waals surface area (Å²) in [5.74, 6) is 5.23. The molecule has 0 bridgehead atoms. The van der Waals surface area contributed by atoms with E-state index in [1.54, 1.807) is 6.08 Å². The van der Waals surface area contributed by atoms with Gasteiger partial charge in [-0.05, 0) is 42.7 Å². The molecule has 0 saturated carbocycles. The summed E-state index contributed by atoms with van der Waals surface area (Å²) in [6.07, 6.45) is 2.44. The van der Waals surface area contributed by atoms with Gasteiger partial charge in [0.05, 0.1) is 11.4 Å². The first-order valence-corrected chi connectivity index (χ1v) is 9.13. The standard InChI is InChI=1S/C21H24N4O3/c1-3-23-17-11-9-15(14(2)20(17)24-22)10-12-19(26)25-18(13-28-21(25)27)16-7-5-4-6-8-16/h4-12,18,23-24H,3,13,22H2,1-2H3/b12-10+/t18-/m0/s1. The third-order valence-corrected chi connectivity index (χ3v) is 4.72. The summed E-state index contributed by atoms with van der Waals surface area (Å²) >= 11 is 0. The maximum Gasteiger partial charge on any atom is 0.417 e. The Morgan fingerprint density at radius 1 is 1.29 bits per heavy atom. The Morgan fingerprint density at radius 2 is 2.04 bits per heavy atom. The number of nitrogens with one attached hydrogen (secondary N) is 2. The number of rotatable bonds is 6. The van der Waals surface area contributed by atoms with Crippen molar-refractivity contribution in [1.29, 1.82) is 0 Å². The molecule has 1 aliphatic rings. The van der Waals surface area contributed by atoms with Crippen LogP contribution in [0.4, 0.5) is 16.2 Å². The fourth-order valence-corrected chi connectivity index (χ4v) is 3.26. The maximum atomic E-state index is 12.7. The average molecular weight is 380 g/mol. The quantitative estimate of drug-likeness (QED) is 0.404. The molecule has 0 radical (unpaired) electrons. The van der Waals surface area contributed by atoms with E-state index in [1.165, 1.54) is 6.08 Å². The smallest absolute Gasteiger partial charge is 0.417 e. The molecule has 2 aromatic carbocycles. The average Bonchev–Trinajstić information content (AvgIpc) is 3.10. The number of cyclic esters (lactones) is 1. The van der Waals surface area contributed by atoms with E-state index < -0.39 is 18.0 Å². The Morgan fingerprint density at radius 3 is 2.71 bits per heavy atom. The van der Waals surface area contributed by atoms with Crippen LogP contribution >= 0.6 is 0 Å². The van der Waals surface area contributed by atoms with E-state index in [4.69, 9.17) is 10.6 Å². The second-order valence-electron chi connectivity index (χ2n) is 6.42. The third-order valence-electron chi connectivity index (χ3n) is 4.72. The molecule has 0 aliphatic carbocycles. The monoisotopic (exact) mass is 380 g/mol. The molecule has 7 heteroatoms. The van der Waals surface area contributed by atoms with E-state index in [2.05, 4.69) is 10.7 Å². The van der Waals surface area contributed by atoms with Gasteiger partial charge in [-0.3, -0.25) is 10.6 Å². The van der Waals surface area contributed by atoms with Gasteiger partial charge in [-0.1, -0.05) is 36.4 Å². The first-order chi connectivity index (χ1) is 13.6. The topological polar surface area (TPSA) is 96.7 Å². The van der Waals surface area contributed by atoms with E-state index in [0.717, 1.165) is 39.5 Å². The van der Waals surface area contributed by atoms with Crippen molar-refractivity contribution >= 4 is 29.5 Å². The number of nitrogens with zero attached hydrogens (tertiary/aromatic N) is 1. The van der Waals surface area contributed by atoms with Crippen LogP contribution in [0.2, 0.25) is 0 Å². The second-order valence-corrected chi connectivity index (χ2v) is 6.42. The maximum absolute atomic E-state index is 12.7.